The molecule has 0 aromatic rings. The summed E-state index contributed by atoms with van der Waals surface area (Å²) < 4.78 is 9.05. The summed E-state index contributed by atoms with van der Waals surface area (Å²) in [6.07, 6.45) is 1.13. The molecule has 1 unspecified atom stereocenters. The lowest BCUT2D eigenvalue weighted by molar-refractivity contribution is -0.156. The van der Waals surface area contributed by atoms with Crippen LogP contribution in [0.25, 0.3) is 0 Å². The zero-order chi connectivity index (χ0) is 11.8. The average molecular weight is 252 g/mol. The standard InChI is InChI=1S/C9H16O4S2/c1-3-4-7(13-6(2)10)5-12-8(11)9(14)15/h7,9,14-15H,3-5H2,1-2H3. The third-order valence-corrected chi connectivity index (χ3v) is 1.99. The minimum Gasteiger partial charge on any atom is -0.460 e. The molecule has 0 aliphatic rings. The van der Waals surface area contributed by atoms with E-state index in [1.807, 2.05) is 6.92 Å². The van der Waals surface area contributed by atoms with Gasteiger partial charge in [-0.1, -0.05) is 13.3 Å². The van der Waals surface area contributed by atoms with E-state index in [1.54, 1.807) is 0 Å². The summed E-state index contributed by atoms with van der Waals surface area (Å²) >= 11 is 7.60. The normalized spacial score (nSPS) is 12.3. The molecule has 0 spiro atoms. The fourth-order valence-electron chi connectivity index (χ4n) is 0.983. The summed E-state index contributed by atoms with van der Waals surface area (Å²) in [6.45, 7) is 3.34. The molecule has 0 N–H and O–H groups in total. The van der Waals surface area contributed by atoms with Gasteiger partial charge in [-0.2, -0.15) is 25.3 Å². The van der Waals surface area contributed by atoms with Crippen molar-refractivity contribution < 1.29 is 19.1 Å². The zero-order valence-electron chi connectivity index (χ0n) is 8.80. The topological polar surface area (TPSA) is 52.6 Å². The number of rotatable bonds is 6. The predicted octanol–water partition coefficient (Wildman–Crippen LogP) is 1.45. The van der Waals surface area contributed by atoms with Gasteiger partial charge in [0.1, 0.15) is 17.3 Å². The van der Waals surface area contributed by atoms with Crippen LogP contribution in [0.1, 0.15) is 26.7 Å². The van der Waals surface area contributed by atoms with Crippen LogP contribution in [0.15, 0.2) is 0 Å². The molecule has 0 bridgehead atoms. The van der Waals surface area contributed by atoms with Gasteiger partial charge in [-0.15, -0.1) is 0 Å². The number of esters is 2. The Morgan fingerprint density at radius 2 is 1.93 bits per heavy atom. The Balaban J connectivity index is 3.95. The van der Waals surface area contributed by atoms with Gasteiger partial charge in [-0.3, -0.25) is 4.79 Å². The molecule has 4 nitrogen and oxygen atoms in total. The lowest BCUT2D eigenvalue weighted by Gasteiger charge is -2.16. The van der Waals surface area contributed by atoms with Gasteiger partial charge in [-0.05, 0) is 6.42 Å². The summed E-state index contributed by atoms with van der Waals surface area (Å²) in [5.41, 5.74) is 0. The molecule has 0 aromatic heterocycles. The lowest BCUT2D eigenvalue weighted by Crippen LogP contribution is -2.25. The molecule has 15 heavy (non-hydrogen) atoms. The number of carbonyl (C=O) groups is 2. The van der Waals surface area contributed by atoms with Crippen LogP contribution < -0.4 is 0 Å². The van der Waals surface area contributed by atoms with E-state index in [-0.39, 0.29) is 18.7 Å². The van der Waals surface area contributed by atoms with E-state index in [9.17, 15) is 9.59 Å². The van der Waals surface area contributed by atoms with Crippen LogP contribution in [0.4, 0.5) is 0 Å². The van der Waals surface area contributed by atoms with E-state index >= 15 is 0 Å². The maximum absolute atomic E-state index is 11.0. The summed E-state index contributed by atoms with van der Waals surface area (Å²) in [6, 6.07) is 0. The zero-order valence-corrected chi connectivity index (χ0v) is 10.6. The summed E-state index contributed by atoms with van der Waals surface area (Å²) in [5.74, 6) is -0.910. The molecule has 0 aliphatic carbocycles. The van der Waals surface area contributed by atoms with Crippen LogP contribution in [0.3, 0.4) is 0 Å². The Kier molecular flexibility index (Phi) is 7.68. The van der Waals surface area contributed by atoms with Gasteiger partial charge in [0.05, 0.1) is 0 Å². The Labute approximate surface area is 101 Å². The highest BCUT2D eigenvalue weighted by Gasteiger charge is 2.16. The van der Waals surface area contributed by atoms with Crippen LogP contribution in [0.2, 0.25) is 0 Å². The Morgan fingerprint density at radius 1 is 1.33 bits per heavy atom. The van der Waals surface area contributed by atoms with Crippen LogP contribution in [-0.4, -0.2) is 29.2 Å². The average Bonchev–Trinajstić information content (AvgIpc) is 2.13. The molecular weight excluding hydrogens is 236 g/mol. The van der Waals surface area contributed by atoms with Crippen molar-refractivity contribution in [1.82, 2.24) is 0 Å². The number of hydrogen-bond acceptors (Lipinski definition) is 6. The molecule has 0 aromatic carbocycles. The number of carbonyl (C=O) groups excluding carboxylic acids is 2. The van der Waals surface area contributed by atoms with Crippen molar-refractivity contribution >= 4 is 37.2 Å². The molecule has 0 saturated carbocycles. The number of thiol groups is 2. The maximum Gasteiger partial charge on any atom is 0.328 e. The minimum absolute atomic E-state index is 0.0594. The highest BCUT2D eigenvalue weighted by atomic mass is 32.2. The van der Waals surface area contributed by atoms with E-state index in [4.69, 9.17) is 9.47 Å². The van der Waals surface area contributed by atoms with Crippen LogP contribution >= 0.6 is 25.3 Å². The van der Waals surface area contributed by atoms with E-state index < -0.39 is 10.6 Å². The van der Waals surface area contributed by atoms with E-state index in [2.05, 4.69) is 25.3 Å². The smallest absolute Gasteiger partial charge is 0.328 e. The Bertz CT molecular complexity index is 218. The molecule has 1 atom stereocenters. The molecule has 0 radical (unpaired) electrons. The van der Waals surface area contributed by atoms with Gasteiger partial charge in [0.15, 0.2) is 0 Å². The maximum atomic E-state index is 11.0. The van der Waals surface area contributed by atoms with Crippen molar-refractivity contribution in [3.8, 4) is 0 Å². The Hall–Kier alpha value is -0.360. The van der Waals surface area contributed by atoms with Gasteiger partial charge in [0.2, 0.25) is 0 Å². The monoisotopic (exact) mass is 252 g/mol. The van der Waals surface area contributed by atoms with Crippen molar-refractivity contribution in [2.75, 3.05) is 6.61 Å². The van der Waals surface area contributed by atoms with Crippen LogP contribution in [0, 0.1) is 0 Å². The van der Waals surface area contributed by atoms with Crippen LogP contribution in [0.5, 0.6) is 0 Å². The van der Waals surface area contributed by atoms with Gasteiger partial charge in [-0.25, -0.2) is 4.79 Å². The molecule has 88 valence electrons. The van der Waals surface area contributed by atoms with Crippen LogP contribution in [-0.2, 0) is 19.1 Å². The second kappa shape index (κ2) is 7.87. The first kappa shape index (κ1) is 14.6. The molecule has 0 aliphatic heterocycles. The summed E-state index contributed by atoms with van der Waals surface area (Å²) in [4.78, 5) is 21.7. The third kappa shape index (κ3) is 7.56. The van der Waals surface area contributed by atoms with Gasteiger partial charge in [0.25, 0.3) is 0 Å². The first-order valence-electron chi connectivity index (χ1n) is 4.67. The SMILES string of the molecule is CCCC(COC(=O)C(S)S)OC(C)=O. The first-order chi connectivity index (χ1) is 6.97. The van der Waals surface area contributed by atoms with Crippen molar-refractivity contribution in [1.29, 1.82) is 0 Å². The molecule has 6 heteroatoms. The molecule has 0 saturated heterocycles. The molecule has 0 amide bonds. The van der Waals surface area contributed by atoms with Gasteiger partial charge >= 0.3 is 11.9 Å². The quantitative estimate of drug-likeness (QED) is 0.427. The Morgan fingerprint density at radius 3 is 2.33 bits per heavy atom. The van der Waals surface area contributed by atoms with Crippen molar-refractivity contribution in [2.45, 2.75) is 37.4 Å². The summed E-state index contributed by atoms with van der Waals surface area (Å²) in [5, 5.41) is 0. The molecule has 0 heterocycles. The van der Waals surface area contributed by atoms with Gasteiger partial charge < -0.3 is 9.47 Å². The molecule has 0 rings (SSSR count). The lowest BCUT2D eigenvalue weighted by atomic mass is 10.2. The van der Waals surface area contributed by atoms with E-state index in [1.165, 1.54) is 6.92 Å². The third-order valence-electron chi connectivity index (χ3n) is 1.57. The largest absolute Gasteiger partial charge is 0.460 e. The summed E-state index contributed by atoms with van der Waals surface area (Å²) in [7, 11) is 0. The number of ether oxygens (including phenoxy) is 2. The van der Waals surface area contributed by atoms with E-state index in [0.29, 0.717) is 6.42 Å². The highest BCUT2D eigenvalue weighted by Crippen LogP contribution is 2.07. The fourth-order valence-corrected chi connectivity index (χ4v) is 1.13. The first-order valence-corrected chi connectivity index (χ1v) is 5.70. The molecule has 0 fully saturated rings. The minimum atomic E-state index is -0.760. The van der Waals surface area contributed by atoms with Crippen molar-refractivity contribution in [2.24, 2.45) is 0 Å². The molecular formula is C9H16O4S2. The van der Waals surface area contributed by atoms with Crippen molar-refractivity contribution in [3.63, 3.8) is 0 Å². The van der Waals surface area contributed by atoms with Gasteiger partial charge in [0, 0.05) is 6.92 Å². The fraction of sp³-hybridized carbons (Fsp3) is 0.778. The number of hydrogen-bond donors (Lipinski definition) is 2. The van der Waals surface area contributed by atoms with Crippen molar-refractivity contribution in [3.05, 3.63) is 0 Å². The highest BCUT2D eigenvalue weighted by molar-refractivity contribution is 8.00. The second-order valence-electron chi connectivity index (χ2n) is 3.02. The van der Waals surface area contributed by atoms with E-state index in [0.717, 1.165) is 6.42 Å². The predicted molar refractivity (Wildman–Crippen MR) is 63.2 cm³/mol. The second-order valence-corrected chi connectivity index (χ2v) is 4.46.